The molecule has 2 amide bonds. The summed E-state index contributed by atoms with van der Waals surface area (Å²) in [6.07, 6.45) is 1.91. The number of amides is 2. The molecule has 0 radical (unpaired) electrons. The second-order valence-corrected chi connectivity index (χ2v) is 7.34. The van der Waals surface area contributed by atoms with Gasteiger partial charge < -0.3 is 19.9 Å². The molecule has 0 aliphatic carbocycles. The predicted molar refractivity (Wildman–Crippen MR) is 112 cm³/mol. The van der Waals surface area contributed by atoms with Crippen molar-refractivity contribution in [3.8, 4) is 5.75 Å². The van der Waals surface area contributed by atoms with E-state index >= 15 is 0 Å². The van der Waals surface area contributed by atoms with Crippen LogP contribution < -0.4 is 15.0 Å². The zero-order valence-electron chi connectivity index (χ0n) is 16.6. The summed E-state index contributed by atoms with van der Waals surface area (Å²) < 4.78 is 5.11. The number of anilines is 1. The Labute approximate surface area is 175 Å². The fourth-order valence-corrected chi connectivity index (χ4v) is 3.61. The Hall–Kier alpha value is -2.80. The molecule has 1 N–H and O–H groups in total. The number of piperazine rings is 1. The van der Waals surface area contributed by atoms with Crippen molar-refractivity contribution in [1.82, 2.24) is 15.2 Å². The van der Waals surface area contributed by atoms with Gasteiger partial charge >= 0.3 is 0 Å². The second kappa shape index (κ2) is 9.60. The molecule has 1 aliphatic rings. The van der Waals surface area contributed by atoms with Gasteiger partial charge in [-0.1, -0.05) is 23.7 Å². The van der Waals surface area contributed by atoms with Gasteiger partial charge in [0.2, 0.25) is 11.8 Å². The topological polar surface area (TPSA) is 74.8 Å². The minimum atomic E-state index is -0.586. The lowest BCUT2D eigenvalue weighted by Gasteiger charge is -2.36. The van der Waals surface area contributed by atoms with Crippen molar-refractivity contribution >= 4 is 29.2 Å². The van der Waals surface area contributed by atoms with Gasteiger partial charge in [-0.2, -0.15) is 0 Å². The van der Waals surface area contributed by atoms with E-state index < -0.39 is 6.04 Å². The molecule has 0 spiro atoms. The fraction of sp³-hybridized carbons (Fsp3) is 0.381. The number of aromatic nitrogens is 1. The van der Waals surface area contributed by atoms with Gasteiger partial charge in [0.05, 0.1) is 18.6 Å². The van der Waals surface area contributed by atoms with E-state index in [0.717, 1.165) is 11.4 Å². The molecule has 1 aromatic heterocycles. The number of ether oxygens (including phenoxy) is 1. The smallest absolute Gasteiger partial charge is 0.244 e. The molecule has 1 atom stereocenters. The van der Waals surface area contributed by atoms with Gasteiger partial charge in [0.15, 0.2) is 0 Å². The van der Waals surface area contributed by atoms with Gasteiger partial charge in [0, 0.05) is 32.4 Å². The monoisotopic (exact) mass is 416 g/mol. The highest BCUT2D eigenvalue weighted by Crippen LogP contribution is 2.25. The van der Waals surface area contributed by atoms with Crippen molar-refractivity contribution in [1.29, 1.82) is 0 Å². The average Bonchev–Trinajstić information content (AvgIpc) is 2.74. The summed E-state index contributed by atoms with van der Waals surface area (Å²) in [4.78, 5) is 33.3. The van der Waals surface area contributed by atoms with Crippen LogP contribution in [0.5, 0.6) is 5.75 Å². The summed E-state index contributed by atoms with van der Waals surface area (Å²) in [5.74, 6) is 1.18. The average molecular weight is 417 g/mol. The summed E-state index contributed by atoms with van der Waals surface area (Å²) >= 11 is 6.10. The van der Waals surface area contributed by atoms with E-state index in [-0.39, 0.29) is 18.2 Å². The van der Waals surface area contributed by atoms with E-state index in [1.165, 1.54) is 7.11 Å². The Kier molecular flexibility index (Phi) is 6.93. The normalized spacial score (nSPS) is 15.0. The third kappa shape index (κ3) is 5.38. The number of hydrogen-bond donors (Lipinski definition) is 1. The number of methoxy groups -OCH3 is 1. The molecular formula is C21H25ClN4O3. The van der Waals surface area contributed by atoms with Crippen molar-refractivity contribution in [2.45, 2.75) is 19.4 Å². The van der Waals surface area contributed by atoms with E-state index in [4.69, 9.17) is 16.3 Å². The molecule has 7 nitrogen and oxygen atoms in total. The molecule has 8 heteroatoms. The summed E-state index contributed by atoms with van der Waals surface area (Å²) in [7, 11) is 1.54. The maximum Gasteiger partial charge on any atom is 0.244 e. The molecule has 0 saturated carbocycles. The highest BCUT2D eigenvalue weighted by atomic mass is 35.5. The highest BCUT2D eigenvalue weighted by molar-refractivity contribution is 6.32. The van der Waals surface area contributed by atoms with Crippen molar-refractivity contribution in [3.63, 3.8) is 0 Å². The van der Waals surface area contributed by atoms with Gasteiger partial charge in [-0.05, 0) is 36.8 Å². The number of hydrogen-bond acceptors (Lipinski definition) is 5. The predicted octanol–water partition coefficient (Wildman–Crippen LogP) is 2.14. The van der Waals surface area contributed by atoms with Gasteiger partial charge in [0.1, 0.15) is 17.6 Å². The first-order valence-electron chi connectivity index (χ1n) is 9.54. The van der Waals surface area contributed by atoms with Crippen LogP contribution in [0.3, 0.4) is 0 Å². The van der Waals surface area contributed by atoms with E-state index in [0.29, 0.717) is 37.0 Å². The Bertz CT molecular complexity index is 854. The van der Waals surface area contributed by atoms with Crippen LogP contribution >= 0.6 is 11.6 Å². The Morgan fingerprint density at radius 2 is 1.97 bits per heavy atom. The summed E-state index contributed by atoms with van der Waals surface area (Å²) in [6, 6.07) is 10.4. The van der Waals surface area contributed by atoms with E-state index in [2.05, 4.69) is 15.2 Å². The lowest BCUT2D eigenvalue weighted by atomic mass is 10.1. The van der Waals surface area contributed by atoms with E-state index in [1.54, 1.807) is 36.2 Å². The van der Waals surface area contributed by atoms with Crippen molar-refractivity contribution in [2.75, 3.05) is 38.2 Å². The number of rotatable bonds is 6. The van der Waals surface area contributed by atoms with Crippen LogP contribution in [0.15, 0.2) is 42.6 Å². The third-order valence-electron chi connectivity index (χ3n) is 4.89. The molecule has 1 fully saturated rings. The molecule has 1 saturated heterocycles. The molecular weight excluding hydrogens is 392 g/mol. The van der Waals surface area contributed by atoms with E-state index in [9.17, 15) is 9.59 Å². The Morgan fingerprint density at radius 3 is 2.59 bits per heavy atom. The molecule has 3 rings (SSSR count). The lowest BCUT2D eigenvalue weighted by Crippen LogP contribution is -2.54. The number of carbonyl (C=O) groups excluding carboxylic acids is 2. The number of halogens is 1. The minimum absolute atomic E-state index is 0.0771. The van der Waals surface area contributed by atoms with Gasteiger partial charge in [-0.25, -0.2) is 4.98 Å². The summed E-state index contributed by atoms with van der Waals surface area (Å²) in [6.45, 7) is 4.35. The van der Waals surface area contributed by atoms with Gasteiger partial charge in [-0.3, -0.25) is 9.59 Å². The first kappa shape index (κ1) is 20.9. The molecule has 2 aromatic rings. The first-order valence-corrected chi connectivity index (χ1v) is 9.92. The Balaban J connectivity index is 1.49. The molecule has 2 heterocycles. The van der Waals surface area contributed by atoms with Crippen LogP contribution in [-0.4, -0.2) is 61.0 Å². The van der Waals surface area contributed by atoms with Crippen molar-refractivity contribution in [3.05, 3.63) is 53.2 Å². The van der Waals surface area contributed by atoms with Crippen molar-refractivity contribution < 1.29 is 14.3 Å². The molecule has 154 valence electrons. The summed E-state index contributed by atoms with van der Waals surface area (Å²) in [5, 5.41) is 3.24. The van der Waals surface area contributed by atoms with Gasteiger partial charge in [0.25, 0.3) is 0 Å². The van der Waals surface area contributed by atoms with Crippen molar-refractivity contribution in [2.24, 2.45) is 0 Å². The standard InChI is InChI=1S/C21H25ClN4O3/c1-15(24-20(27)14-16-6-7-18(29-2)17(22)13-16)21(28)26-11-9-25(10-12-26)19-5-3-4-8-23-19/h3-8,13,15H,9-12,14H2,1-2H3,(H,24,27)/t15-/m1/s1. The van der Waals surface area contributed by atoms with Crippen LogP contribution in [0, 0.1) is 0 Å². The highest BCUT2D eigenvalue weighted by Gasteiger charge is 2.26. The van der Waals surface area contributed by atoms with Crippen LogP contribution in [0.4, 0.5) is 5.82 Å². The molecule has 0 unspecified atom stereocenters. The van der Waals surface area contributed by atoms with E-state index in [1.807, 2.05) is 18.2 Å². The maximum absolute atomic E-state index is 12.7. The lowest BCUT2D eigenvalue weighted by molar-refractivity contribution is -0.136. The summed E-state index contributed by atoms with van der Waals surface area (Å²) in [5.41, 5.74) is 0.761. The number of pyridine rings is 1. The maximum atomic E-state index is 12.7. The minimum Gasteiger partial charge on any atom is -0.495 e. The number of carbonyl (C=O) groups is 2. The van der Waals surface area contributed by atoms with Crippen LogP contribution in [0.1, 0.15) is 12.5 Å². The molecule has 29 heavy (non-hydrogen) atoms. The van der Waals surface area contributed by atoms with Crippen LogP contribution in [0.25, 0.3) is 0 Å². The first-order chi connectivity index (χ1) is 14.0. The zero-order chi connectivity index (χ0) is 20.8. The molecule has 0 bridgehead atoms. The van der Waals surface area contributed by atoms with Crippen LogP contribution in [-0.2, 0) is 16.0 Å². The number of nitrogens with zero attached hydrogens (tertiary/aromatic N) is 3. The SMILES string of the molecule is COc1ccc(CC(=O)N[C@H](C)C(=O)N2CCN(c3ccccn3)CC2)cc1Cl. The van der Waals surface area contributed by atoms with Crippen LogP contribution in [0.2, 0.25) is 5.02 Å². The number of nitrogens with one attached hydrogen (secondary N) is 1. The molecule has 1 aromatic carbocycles. The fourth-order valence-electron chi connectivity index (χ4n) is 3.33. The second-order valence-electron chi connectivity index (χ2n) is 6.94. The third-order valence-corrected chi connectivity index (χ3v) is 5.19. The number of benzene rings is 1. The Morgan fingerprint density at radius 1 is 1.21 bits per heavy atom. The van der Waals surface area contributed by atoms with Gasteiger partial charge in [-0.15, -0.1) is 0 Å². The largest absolute Gasteiger partial charge is 0.495 e. The molecule has 1 aliphatic heterocycles. The quantitative estimate of drug-likeness (QED) is 0.780. The zero-order valence-corrected chi connectivity index (χ0v) is 17.4.